The minimum atomic E-state index is 0.729. The molecule has 0 amide bonds. The van der Waals surface area contributed by atoms with Gasteiger partial charge in [0, 0.05) is 23.5 Å². The van der Waals surface area contributed by atoms with Gasteiger partial charge < -0.3 is 10.2 Å². The van der Waals surface area contributed by atoms with Gasteiger partial charge in [0.1, 0.15) is 0 Å². The summed E-state index contributed by atoms with van der Waals surface area (Å²) in [6.45, 7) is 5.78. The van der Waals surface area contributed by atoms with Gasteiger partial charge in [-0.25, -0.2) is 4.98 Å². The molecular weight excluding hydrogens is 242 g/mol. The molecule has 1 aliphatic heterocycles. The molecule has 1 aromatic heterocycles. The molecule has 3 nitrogen and oxygen atoms in total. The molecule has 0 aromatic carbocycles. The highest BCUT2D eigenvalue weighted by atomic mass is 32.1. The Balaban J connectivity index is 1.89. The molecule has 0 saturated carbocycles. The van der Waals surface area contributed by atoms with Crippen molar-refractivity contribution in [1.82, 2.24) is 15.2 Å². The van der Waals surface area contributed by atoms with E-state index in [9.17, 15) is 0 Å². The Hall–Kier alpha value is -0.450. The van der Waals surface area contributed by atoms with Gasteiger partial charge in [-0.15, -0.1) is 11.3 Å². The molecular formula is C14H25N3S. The number of likely N-dealkylation sites (tertiary alicyclic amines) is 1. The van der Waals surface area contributed by atoms with Crippen molar-refractivity contribution in [1.29, 1.82) is 0 Å². The van der Waals surface area contributed by atoms with E-state index in [1.807, 2.05) is 18.4 Å². The molecule has 1 saturated heterocycles. The molecule has 1 atom stereocenters. The second kappa shape index (κ2) is 7.22. The third kappa shape index (κ3) is 3.77. The first-order valence-corrected chi connectivity index (χ1v) is 7.97. The van der Waals surface area contributed by atoms with Crippen LogP contribution in [0.4, 0.5) is 0 Å². The van der Waals surface area contributed by atoms with Gasteiger partial charge in [-0.05, 0) is 45.9 Å². The van der Waals surface area contributed by atoms with Crippen LogP contribution in [0.1, 0.15) is 36.1 Å². The highest BCUT2D eigenvalue weighted by molar-refractivity contribution is 7.11. The number of piperidine rings is 1. The number of likely N-dealkylation sites (N-methyl/N-ethyl adjacent to an activating group) is 2. The van der Waals surface area contributed by atoms with Gasteiger partial charge in [-0.3, -0.25) is 0 Å². The smallest absolute Gasteiger partial charge is 0.0943 e. The van der Waals surface area contributed by atoms with Crippen LogP contribution < -0.4 is 5.32 Å². The molecule has 18 heavy (non-hydrogen) atoms. The largest absolute Gasteiger partial charge is 0.319 e. The van der Waals surface area contributed by atoms with E-state index < -0.39 is 0 Å². The van der Waals surface area contributed by atoms with Crippen molar-refractivity contribution < 1.29 is 0 Å². The van der Waals surface area contributed by atoms with E-state index in [4.69, 9.17) is 0 Å². The summed E-state index contributed by atoms with van der Waals surface area (Å²) >= 11 is 1.90. The van der Waals surface area contributed by atoms with Crippen molar-refractivity contribution in [3.8, 4) is 0 Å². The first-order chi connectivity index (χ1) is 8.83. The van der Waals surface area contributed by atoms with Crippen molar-refractivity contribution in [2.24, 2.45) is 0 Å². The standard InChI is InChI=1S/C14H25N3S/c1-3-17-9-5-4-6-12(17)10-14-16-11-13(18-14)7-8-15-2/h11-12,15H,3-10H2,1-2H3. The maximum Gasteiger partial charge on any atom is 0.0943 e. The van der Waals surface area contributed by atoms with E-state index >= 15 is 0 Å². The topological polar surface area (TPSA) is 28.2 Å². The summed E-state index contributed by atoms with van der Waals surface area (Å²) < 4.78 is 0. The Labute approximate surface area is 115 Å². The normalized spacial score (nSPS) is 21.3. The van der Waals surface area contributed by atoms with E-state index in [2.05, 4.69) is 28.3 Å². The Morgan fingerprint density at radius 3 is 3.17 bits per heavy atom. The first-order valence-electron chi connectivity index (χ1n) is 7.15. The molecule has 0 radical (unpaired) electrons. The maximum absolute atomic E-state index is 4.60. The molecule has 0 bridgehead atoms. The number of nitrogens with zero attached hydrogens (tertiary/aromatic N) is 2. The van der Waals surface area contributed by atoms with Crippen LogP contribution in [0.2, 0.25) is 0 Å². The first kappa shape index (κ1) is 14.0. The van der Waals surface area contributed by atoms with Crippen LogP contribution in [0.3, 0.4) is 0 Å². The fourth-order valence-corrected chi connectivity index (χ4v) is 3.71. The highest BCUT2D eigenvalue weighted by Crippen LogP contribution is 2.22. The number of aromatic nitrogens is 1. The number of hydrogen-bond acceptors (Lipinski definition) is 4. The summed E-state index contributed by atoms with van der Waals surface area (Å²) in [5, 5.41) is 4.52. The van der Waals surface area contributed by atoms with Crippen molar-refractivity contribution in [3.05, 3.63) is 16.1 Å². The zero-order valence-corrected chi connectivity index (χ0v) is 12.4. The SMILES string of the molecule is CCN1CCCCC1Cc1ncc(CCNC)s1. The summed E-state index contributed by atoms with van der Waals surface area (Å²) in [5.41, 5.74) is 0. The molecule has 1 fully saturated rings. The zero-order valence-electron chi connectivity index (χ0n) is 11.6. The van der Waals surface area contributed by atoms with E-state index in [0.29, 0.717) is 0 Å². The highest BCUT2D eigenvalue weighted by Gasteiger charge is 2.22. The van der Waals surface area contributed by atoms with Crippen LogP contribution in [0, 0.1) is 0 Å². The predicted molar refractivity (Wildman–Crippen MR) is 78.3 cm³/mol. The second-order valence-electron chi connectivity index (χ2n) is 5.06. The van der Waals surface area contributed by atoms with E-state index in [-0.39, 0.29) is 0 Å². The van der Waals surface area contributed by atoms with Crippen LogP contribution in [0.25, 0.3) is 0 Å². The molecule has 102 valence electrons. The number of thiazole rings is 1. The fraction of sp³-hybridized carbons (Fsp3) is 0.786. The van der Waals surface area contributed by atoms with Crippen LogP contribution in [-0.4, -0.2) is 42.6 Å². The Bertz CT molecular complexity index is 351. The van der Waals surface area contributed by atoms with Crippen molar-refractivity contribution >= 4 is 11.3 Å². The minimum absolute atomic E-state index is 0.729. The summed E-state index contributed by atoms with van der Waals surface area (Å²) in [5.74, 6) is 0. The minimum Gasteiger partial charge on any atom is -0.319 e. The van der Waals surface area contributed by atoms with Gasteiger partial charge in [0.25, 0.3) is 0 Å². The lowest BCUT2D eigenvalue weighted by molar-refractivity contribution is 0.155. The van der Waals surface area contributed by atoms with Crippen molar-refractivity contribution in [3.63, 3.8) is 0 Å². The number of nitrogens with one attached hydrogen (secondary N) is 1. The van der Waals surface area contributed by atoms with Gasteiger partial charge in [-0.1, -0.05) is 13.3 Å². The lowest BCUT2D eigenvalue weighted by Crippen LogP contribution is -2.40. The van der Waals surface area contributed by atoms with Gasteiger partial charge in [0.05, 0.1) is 5.01 Å². The monoisotopic (exact) mass is 267 g/mol. The van der Waals surface area contributed by atoms with Crippen molar-refractivity contribution in [2.75, 3.05) is 26.7 Å². The second-order valence-corrected chi connectivity index (χ2v) is 6.26. The van der Waals surface area contributed by atoms with Gasteiger partial charge in [-0.2, -0.15) is 0 Å². The molecule has 2 heterocycles. The van der Waals surface area contributed by atoms with E-state index in [0.717, 1.165) is 25.4 Å². The Morgan fingerprint density at radius 1 is 1.50 bits per heavy atom. The van der Waals surface area contributed by atoms with Crippen molar-refractivity contribution in [2.45, 2.75) is 45.1 Å². The maximum atomic E-state index is 4.60. The Kier molecular flexibility index (Phi) is 5.60. The zero-order chi connectivity index (χ0) is 12.8. The summed E-state index contributed by atoms with van der Waals surface area (Å²) in [7, 11) is 2.00. The summed E-state index contributed by atoms with van der Waals surface area (Å²) in [6.07, 6.45) is 8.43. The molecule has 4 heteroatoms. The fourth-order valence-electron chi connectivity index (χ4n) is 2.72. The molecule has 1 N–H and O–H groups in total. The number of hydrogen-bond donors (Lipinski definition) is 1. The van der Waals surface area contributed by atoms with Gasteiger partial charge >= 0.3 is 0 Å². The third-order valence-corrected chi connectivity index (χ3v) is 4.87. The summed E-state index contributed by atoms with van der Waals surface area (Å²) in [4.78, 5) is 8.63. The lowest BCUT2D eigenvalue weighted by atomic mass is 10.00. The molecule has 0 spiro atoms. The van der Waals surface area contributed by atoms with Gasteiger partial charge in [0.15, 0.2) is 0 Å². The average Bonchev–Trinajstić information content (AvgIpc) is 2.84. The van der Waals surface area contributed by atoms with Crippen LogP contribution >= 0.6 is 11.3 Å². The molecule has 2 rings (SSSR count). The average molecular weight is 267 g/mol. The quantitative estimate of drug-likeness (QED) is 0.857. The van der Waals surface area contributed by atoms with Crippen LogP contribution in [0.5, 0.6) is 0 Å². The third-order valence-electron chi connectivity index (χ3n) is 3.79. The molecule has 1 aromatic rings. The summed E-state index contributed by atoms with van der Waals surface area (Å²) in [6, 6.07) is 0.729. The van der Waals surface area contributed by atoms with E-state index in [1.54, 1.807) is 0 Å². The Morgan fingerprint density at radius 2 is 2.39 bits per heavy atom. The van der Waals surface area contributed by atoms with Crippen LogP contribution in [0.15, 0.2) is 6.20 Å². The molecule has 1 aliphatic rings. The predicted octanol–water partition coefficient (Wildman–Crippen LogP) is 2.32. The molecule has 0 aliphatic carbocycles. The number of rotatable bonds is 6. The van der Waals surface area contributed by atoms with Crippen LogP contribution in [-0.2, 0) is 12.8 Å². The molecule has 1 unspecified atom stereocenters. The lowest BCUT2D eigenvalue weighted by Gasteiger charge is -2.34. The van der Waals surface area contributed by atoms with E-state index in [1.165, 1.54) is 42.2 Å². The van der Waals surface area contributed by atoms with Gasteiger partial charge in [0.2, 0.25) is 0 Å².